The molecule has 16 heavy (non-hydrogen) atoms. The number of nitrogens with one attached hydrogen (secondary N) is 2. The Morgan fingerprint density at radius 3 is 2.50 bits per heavy atom. The molecule has 1 aliphatic heterocycles. The molecular weight excluding hydrogens is 208 g/mol. The summed E-state index contributed by atoms with van der Waals surface area (Å²) in [7, 11) is 0. The predicted molar refractivity (Wildman–Crippen MR) is 57.9 cm³/mol. The summed E-state index contributed by atoms with van der Waals surface area (Å²) in [6, 6.07) is -0.884. The molecule has 0 spiro atoms. The maximum absolute atomic E-state index is 11.8. The first-order valence-electron chi connectivity index (χ1n) is 5.95. The molecule has 1 heterocycles. The second-order valence-corrected chi connectivity index (χ2v) is 4.66. The summed E-state index contributed by atoms with van der Waals surface area (Å²) in [4.78, 5) is 22.8. The molecular formula is C11H18N2O3. The molecule has 0 bridgehead atoms. The van der Waals surface area contributed by atoms with Crippen LogP contribution in [0.1, 0.15) is 32.1 Å². The first-order valence-corrected chi connectivity index (χ1v) is 5.95. The molecule has 2 unspecified atom stereocenters. The zero-order chi connectivity index (χ0) is 11.5. The van der Waals surface area contributed by atoms with Gasteiger partial charge >= 0.3 is 5.97 Å². The van der Waals surface area contributed by atoms with Gasteiger partial charge in [-0.05, 0) is 38.1 Å². The van der Waals surface area contributed by atoms with Crippen LogP contribution in [0.2, 0.25) is 0 Å². The minimum atomic E-state index is -0.911. The maximum atomic E-state index is 11.8. The lowest BCUT2D eigenvalue weighted by atomic mass is 10.0. The van der Waals surface area contributed by atoms with Crippen LogP contribution in [0.15, 0.2) is 0 Å². The molecule has 2 aliphatic rings. The number of hydrogen-bond donors (Lipinski definition) is 3. The fraction of sp³-hybridized carbons (Fsp3) is 0.818. The Kier molecular flexibility index (Phi) is 3.43. The number of carboxylic acids is 1. The Hall–Kier alpha value is -1.10. The van der Waals surface area contributed by atoms with Crippen LogP contribution in [-0.4, -0.2) is 35.6 Å². The zero-order valence-electron chi connectivity index (χ0n) is 9.24. The molecule has 90 valence electrons. The number of carbonyl (C=O) groups excluding carboxylic acids is 1. The first-order chi connectivity index (χ1) is 7.68. The summed E-state index contributed by atoms with van der Waals surface area (Å²) < 4.78 is 0. The summed E-state index contributed by atoms with van der Waals surface area (Å²) >= 11 is 0. The van der Waals surface area contributed by atoms with Gasteiger partial charge in [0.2, 0.25) is 5.91 Å². The predicted octanol–water partition coefficient (Wildman–Crippen LogP) is 0.108. The molecule has 3 N–H and O–H groups in total. The molecule has 2 rings (SSSR count). The molecule has 1 saturated carbocycles. The first kappa shape index (κ1) is 11.4. The molecule has 0 aromatic heterocycles. The van der Waals surface area contributed by atoms with E-state index >= 15 is 0 Å². The lowest BCUT2D eigenvalue weighted by Gasteiger charge is -2.24. The number of hydrogen-bond acceptors (Lipinski definition) is 3. The van der Waals surface area contributed by atoms with Gasteiger partial charge in [-0.3, -0.25) is 4.79 Å². The number of rotatable bonds is 4. The van der Waals surface area contributed by atoms with Gasteiger partial charge in [-0.2, -0.15) is 0 Å². The Labute approximate surface area is 94.6 Å². The number of carboxylic acid groups (broad SMARTS) is 1. The lowest BCUT2D eigenvalue weighted by Crippen LogP contribution is -2.52. The average Bonchev–Trinajstić information content (AvgIpc) is 3.10. The van der Waals surface area contributed by atoms with Gasteiger partial charge in [0.05, 0.1) is 6.04 Å². The third-order valence-electron chi connectivity index (χ3n) is 3.28. The fourth-order valence-electron chi connectivity index (χ4n) is 2.14. The summed E-state index contributed by atoms with van der Waals surface area (Å²) in [5, 5.41) is 14.8. The van der Waals surface area contributed by atoms with Gasteiger partial charge in [0, 0.05) is 0 Å². The Morgan fingerprint density at radius 2 is 2.00 bits per heavy atom. The van der Waals surface area contributed by atoms with E-state index in [4.69, 9.17) is 5.11 Å². The van der Waals surface area contributed by atoms with E-state index in [1.165, 1.54) is 0 Å². The van der Waals surface area contributed by atoms with Crippen molar-refractivity contribution in [3.05, 3.63) is 0 Å². The van der Waals surface area contributed by atoms with E-state index in [1.807, 2.05) is 0 Å². The highest BCUT2D eigenvalue weighted by atomic mass is 16.4. The Bertz CT molecular complexity index is 283. The number of amides is 1. The highest BCUT2D eigenvalue weighted by Crippen LogP contribution is 2.32. The van der Waals surface area contributed by atoms with E-state index < -0.39 is 12.0 Å². The highest BCUT2D eigenvalue weighted by Gasteiger charge is 2.38. The molecule has 1 aliphatic carbocycles. The summed E-state index contributed by atoms with van der Waals surface area (Å²) in [5.74, 6) is -0.921. The van der Waals surface area contributed by atoms with E-state index in [-0.39, 0.29) is 17.9 Å². The fourth-order valence-corrected chi connectivity index (χ4v) is 2.14. The Balaban J connectivity index is 1.86. The van der Waals surface area contributed by atoms with Crippen molar-refractivity contribution in [2.24, 2.45) is 5.92 Å². The van der Waals surface area contributed by atoms with Gasteiger partial charge < -0.3 is 15.7 Å². The van der Waals surface area contributed by atoms with Crippen LogP contribution in [0.5, 0.6) is 0 Å². The summed E-state index contributed by atoms with van der Waals surface area (Å²) in [5.41, 5.74) is 0. The third-order valence-corrected chi connectivity index (χ3v) is 3.28. The Morgan fingerprint density at radius 1 is 1.25 bits per heavy atom. The van der Waals surface area contributed by atoms with Crippen molar-refractivity contribution in [3.63, 3.8) is 0 Å². The van der Waals surface area contributed by atoms with E-state index in [0.717, 1.165) is 38.6 Å². The van der Waals surface area contributed by atoms with Crippen molar-refractivity contribution in [2.75, 3.05) is 6.54 Å². The zero-order valence-corrected chi connectivity index (χ0v) is 9.24. The third kappa shape index (κ3) is 2.72. The monoisotopic (exact) mass is 226 g/mol. The van der Waals surface area contributed by atoms with Crippen LogP contribution >= 0.6 is 0 Å². The van der Waals surface area contributed by atoms with E-state index in [1.54, 1.807) is 0 Å². The molecule has 0 aromatic carbocycles. The number of piperidine rings is 1. The summed E-state index contributed by atoms with van der Waals surface area (Å²) in [6.07, 6.45) is 4.76. The van der Waals surface area contributed by atoms with Crippen LogP contribution in [0.4, 0.5) is 0 Å². The highest BCUT2D eigenvalue weighted by molar-refractivity contribution is 5.87. The van der Waals surface area contributed by atoms with Crippen molar-refractivity contribution in [1.29, 1.82) is 0 Å². The molecule has 0 radical (unpaired) electrons. The van der Waals surface area contributed by atoms with Crippen LogP contribution in [-0.2, 0) is 9.59 Å². The normalized spacial score (nSPS) is 27.1. The average molecular weight is 226 g/mol. The SMILES string of the molecule is O=C(NC(C(=O)O)C1CC1)C1CCCCN1. The number of aliphatic carboxylic acids is 1. The van der Waals surface area contributed by atoms with Crippen LogP contribution in [0.3, 0.4) is 0 Å². The standard InChI is InChI=1S/C11H18N2O3/c14-10(8-3-1-2-6-12-8)13-9(11(15)16)7-4-5-7/h7-9,12H,1-6H2,(H,13,14)(H,15,16). The maximum Gasteiger partial charge on any atom is 0.326 e. The molecule has 1 amide bonds. The molecule has 2 atom stereocenters. The molecule has 5 nitrogen and oxygen atoms in total. The second kappa shape index (κ2) is 4.82. The molecule has 2 fully saturated rings. The largest absolute Gasteiger partial charge is 0.480 e. The second-order valence-electron chi connectivity index (χ2n) is 4.66. The minimum Gasteiger partial charge on any atom is -0.480 e. The smallest absolute Gasteiger partial charge is 0.326 e. The molecule has 5 heteroatoms. The summed E-state index contributed by atoms with van der Waals surface area (Å²) in [6.45, 7) is 0.846. The van der Waals surface area contributed by atoms with Crippen molar-refractivity contribution < 1.29 is 14.7 Å². The molecule has 0 aromatic rings. The van der Waals surface area contributed by atoms with Gasteiger partial charge in [0.25, 0.3) is 0 Å². The van der Waals surface area contributed by atoms with Crippen LogP contribution < -0.4 is 10.6 Å². The van der Waals surface area contributed by atoms with Gasteiger partial charge in [0.1, 0.15) is 6.04 Å². The van der Waals surface area contributed by atoms with Crippen molar-refractivity contribution in [3.8, 4) is 0 Å². The van der Waals surface area contributed by atoms with Gasteiger partial charge in [0.15, 0.2) is 0 Å². The van der Waals surface area contributed by atoms with Gasteiger partial charge in [-0.1, -0.05) is 6.42 Å². The number of carbonyl (C=O) groups is 2. The van der Waals surface area contributed by atoms with E-state index in [2.05, 4.69) is 10.6 Å². The minimum absolute atomic E-state index is 0.144. The van der Waals surface area contributed by atoms with Crippen molar-refractivity contribution >= 4 is 11.9 Å². The van der Waals surface area contributed by atoms with Gasteiger partial charge in [-0.15, -0.1) is 0 Å². The molecule has 1 saturated heterocycles. The van der Waals surface area contributed by atoms with Crippen LogP contribution in [0, 0.1) is 5.92 Å². The van der Waals surface area contributed by atoms with Crippen molar-refractivity contribution in [2.45, 2.75) is 44.2 Å². The van der Waals surface area contributed by atoms with E-state index in [9.17, 15) is 9.59 Å². The topological polar surface area (TPSA) is 78.4 Å². The van der Waals surface area contributed by atoms with Crippen molar-refractivity contribution in [1.82, 2.24) is 10.6 Å². The lowest BCUT2D eigenvalue weighted by molar-refractivity contribution is -0.142. The van der Waals surface area contributed by atoms with Gasteiger partial charge in [-0.25, -0.2) is 4.79 Å². The quantitative estimate of drug-likeness (QED) is 0.635. The van der Waals surface area contributed by atoms with Crippen LogP contribution in [0.25, 0.3) is 0 Å². The van der Waals surface area contributed by atoms with E-state index in [0.29, 0.717) is 0 Å².